The zero-order valence-corrected chi connectivity index (χ0v) is 18.3. The third kappa shape index (κ3) is 3.91. The second-order valence-corrected chi connectivity index (χ2v) is 9.42. The third-order valence-electron chi connectivity index (χ3n) is 4.84. The van der Waals surface area contributed by atoms with Crippen molar-refractivity contribution >= 4 is 28.8 Å². The molecule has 0 saturated carbocycles. The van der Waals surface area contributed by atoms with E-state index in [0.29, 0.717) is 16.7 Å². The number of nitrogens with one attached hydrogen (secondary N) is 1. The van der Waals surface area contributed by atoms with Gasteiger partial charge in [-0.1, -0.05) is 59.8 Å². The molecule has 5 rings (SSSR count). The van der Waals surface area contributed by atoms with Crippen molar-refractivity contribution in [2.75, 3.05) is 5.32 Å². The number of thioether (sulfide) groups is 1. The van der Waals surface area contributed by atoms with Gasteiger partial charge in [-0.25, -0.2) is 0 Å². The highest BCUT2D eigenvalue weighted by atomic mass is 32.2. The monoisotopic (exact) mass is 432 g/mol. The number of hydrogen-bond donors (Lipinski definition) is 1. The Labute approximate surface area is 183 Å². The molecule has 3 heterocycles. The summed E-state index contributed by atoms with van der Waals surface area (Å²) >= 11 is 3.27. The Morgan fingerprint density at radius 1 is 1.00 bits per heavy atom. The van der Waals surface area contributed by atoms with Crippen LogP contribution in [-0.4, -0.2) is 15.2 Å². The summed E-state index contributed by atoms with van der Waals surface area (Å²) in [6.45, 7) is 4.18. The number of hydrogen-bond acceptors (Lipinski definition) is 7. The van der Waals surface area contributed by atoms with E-state index in [2.05, 4.69) is 65.8 Å². The maximum atomic E-state index is 6.32. The van der Waals surface area contributed by atoms with Crippen molar-refractivity contribution < 1.29 is 4.74 Å². The van der Waals surface area contributed by atoms with Crippen LogP contribution in [0, 0.1) is 13.8 Å². The van der Waals surface area contributed by atoms with Gasteiger partial charge in [0.15, 0.2) is 5.69 Å². The average molecular weight is 433 g/mol. The van der Waals surface area contributed by atoms with Crippen molar-refractivity contribution in [2.24, 2.45) is 0 Å². The number of para-hydroxylation sites is 1. The van der Waals surface area contributed by atoms with Gasteiger partial charge < -0.3 is 10.1 Å². The first-order valence-electron chi connectivity index (χ1n) is 9.68. The van der Waals surface area contributed by atoms with Crippen molar-refractivity contribution in [3.8, 4) is 17.1 Å². The first kappa shape index (κ1) is 19.1. The highest BCUT2D eigenvalue weighted by Crippen LogP contribution is 2.40. The molecule has 0 radical (unpaired) electrons. The van der Waals surface area contributed by atoms with Gasteiger partial charge in [0.25, 0.3) is 0 Å². The van der Waals surface area contributed by atoms with Crippen molar-refractivity contribution in [3.05, 3.63) is 81.5 Å². The van der Waals surface area contributed by atoms with Crippen molar-refractivity contribution in [1.29, 1.82) is 0 Å². The molecule has 0 unspecified atom stereocenters. The molecule has 7 heteroatoms. The van der Waals surface area contributed by atoms with E-state index < -0.39 is 0 Å². The second kappa shape index (κ2) is 8.08. The summed E-state index contributed by atoms with van der Waals surface area (Å²) < 4.78 is 6.32. The molecule has 1 aliphatic heterocycles. The summed E-state index contributed by atoms with van der Waals surface area (Å²) in [6, 6.07) is 20.7. The van der Waals surface area contributed by atoms with Crippen LogP contribution in [0.5, 0.6) is 5.88 Å². The van der Waals surface area contributed by atoms with Gasteiger partial charge in [0.1, 0.15) is 0 Å². The highest BCUT2D eigenvalue weighted by molar-refractivity contribution is 7.98. The molecule has 0 amide bonds. The first-order valence-corrected chi connectivity index (χ1v) is 11.5. The number of aryl methyl sites for hydroxylation is 2. The van der Waals surface area contributed by atoms with Crippen molar-refractivity contribution in [1.82, 2.24) is 15.2 Å². The number of aromatic nitrogens is 3. The highest BCUT2D eigenvalue weighted by Gasteiger charge is 2.26. The molecule has 30 heavy (non-hydrogen) atoms. The van der Waals surface area contributed by atoms with E-state index in [1.165, 1.54) is 16.0 Å². The van der Waals surface area contributed by atoms with E-state index in [-0.39, 0.29) is 6.23 Å². The fourth-order valence-corrected chi connectivity index (χ4v) is 4.86. The normalized spacial score (nSPS) is 14.8. The van der Waals surface area contributed by atoms with Gasteiger partial charge in [0.05, 0.1) is 4.88 Å². The molecule has 0 fully saturated rings. The summed E-state index contributed by atoms with van der Waals surface area (Å²) in [5.41, 5.74) is 5.04. The van der Waals surface area contributed by atoms with Crippen molar-refractivity contribution in [2.45, 2.75) is 31.0 Å². The minimum Gasteiger partial charge on any atom is -0.447 e. The van der Waals surface area contributed by atoms with Crippen LogP contribution in [0.4, 0.5) is 5.69 Å². The molecule has 1 atom stereocenters. The number of nitrogens with zero attached hydrogens (tertiary/aromatic N) is 3. The number of ether oxygens (including phenoxy) is 1. The first-order chi connectivity index (χ1) is 14.7. The SMILES string of the molecule is Cc1ccc(CSc2nnc3c(n2)O[C@@H](c2ccc(C)s2)Nc2ccccc2-3)cc1. The minimum atomic E-state index is -0.322. The molecule has 0 bridgehead atoms. The van der Waals surface area contributed by atoms with Crippen molar-refractivity contribution in [3.63, 3.8) is 0 Å². The lowest BCUT2D eigenvalue weighted by atomic mass is 10.1. The van der Waals surface area contributed by atoms with Crippen LogP contribution in [-0.2, 0) is 5.75 Å². The van der Waals surface area contributed by atoms with E-state index >= 15 is 0 Å². The summed E-state index contributed by atoms with van der Waals surface area (Å²) in [4.78, 5) is 7.06. The van der Waals surface area contributed by atoms with Gasteiger partial charge in [0, 0.05) is 21.9 Å². The predicted molar refractivity (Wildman–Crippen MR) is 122 cm³/mol. The van der Waals surface area contributed by atoms with E-state index in [0.717, 1.165) is 21.9 Å². The van der Waals surface area contributed by atoms with Gasteiger partial charge in [-0.3, -0.25) is 0 Å². The Kier molecular flexibility index (Phi) is 5.14. The second-order valence-electron chi connectivity index (χ2n) is 7.16. The Balaban J connectivity index is 1.47. The molecule has 2 aromatic carbocycles. The molecule has 0 aliphatic carbocycles. The van der Waals surface area contributed by atoms with Crippen LogP contribution >= 0.6 is 23.1 Å². The predicted octanol–water partition coefficient (Wildman–Crippen LogP) is 6.01. The van der Waals surface area contributed by atoms with Crippen LogP contribution in [0.2, 0.25) is 0 Å². The molecule has 0 spiro atoms. The summed E-state index contributed by atoms with van der Waals surface area (Å²) in [5, 5.41) is 12.9. The largest absolute Gasteiger partial charge is 0.447 e. The molecular weight excluding hydrogens is 412 g/mol. The van der Waals surface area contributed by atoms with Gasteiger partial charge in [-0.05, 0) is 37.6 Å². The van der Waals surface area contributed by atoms with Gasteiger partial charge >= 0.3 is 0 Å². The standard InChI is InChI=1S/C23H20N4OS2/c1-14-7-10-16(11-8-14)13-29-23-25-22-20(26-27-23)17-5-3-4-6-18(17)24-21(28-22)19-12-9-15(2)30-19/h3-12,21,24H,13H2,1-2H3/t21-/m0/s1. The number of thiophene rings is 1. The summed E-state index contributed by atoms with van der Waals surface area (Å²) in [6.07, 6.45) is -0.322. The van der Waals surface area contributed by atoms with Crippen LogP contribution in [0.25, 0.3) is 11.3 Å². The van der Waals surface area contributed by atoms with Crippen LogP contribution in [0.3, 0.4) is 0 Å². The van der Waals surface area contributed by atoms with Crippen LogP contribution in [0.1, 0.15) is 27.1 Å². The van der Waals surface area contributed by atoms with E-state index in [4.69, 9.17) is 9.72 Å². The van der Waals surface area contributed by atoms with E-state index in [9.17, 15) is 0 Å². The molecule has 0 saturated heterocycles. The maximum Gasteiger partial charge on any atom is 0.247 e. The zero-order chi connectivity index (χ0) is 20.5. The Bertz CT molecular complexity index is 1190. The van der Waals surface area contributed by atoms with Crippen LogP contribution < -0.4 is 10.1 Å². The van der Waals surface area contributed by atoms with E-state index in [1.807, 2.05) is 24.3 Å². The average Bonchev–Trinajstić information content (AvgIpc) is 3.12. The lowest BCUT2D eigenvalue weighted by molar-refractivity contribution is 0.229. The Morgan fingerprint density at radius 2 is 1.83 bits per heavy atom. The van der Waals surface area contributed by atoms with Gasteiger partial charge in [-0.15, -0.1) is 21.5 Å². The summed E-state index contributed by atoms with van der Waals surface area (Å²) in [5.74, 6) is 1.29. The minimum absolute atomic E-state index is 0.322. The lowest BCUT2D eigenvalue weighted by Gasteiger charge is -2.17. The van der Waals surface area contributed by atoms with Crippen LogP contribution in [0.15, 0.2) is 65.8 Å². The quantitative estimate of drug-likeness (QED) is 0.398. The number of rotatable bonds is 4. The Hall–Kier alpha value is -2.90. The molecule has 5 nitrogen and oxygen atoms in total. The zero-order valence-electron chi connectivity index (χ0n) is 16.6. The fraction of sp³-hybridized carbons (Fsp3) is 0.174. The summed E-state index contributed by atoms with van der Waals surface area (Å²) in [7, 11) is 0. The maximum absolute atomic E-state index is 6.32. The van der Waals surface area contributed by atoms with E-state index in [1.54, 1.807) is 23.1 Å². The molecular formula is C23H20N4OS2. The lowest BCUT2D eigenvalue weighted by Crippen LogP contribution is -2.15. The number of fused-ring (bicyclic) bond motifs is 3. The molecule has 2 aromatic heterocycles. The molecule has 1 N–H and O–H groups in total. The van der Waals surface area contributed by atoms with Gasteiger partial charge in [-0.2, -0.15) is 4.98 Å². The topological polar surface area (TPSA) is 59.9 Å². The molecule has 1 aliphatic rings. The van der Waals surface area contributed by atoms with Gasteiger partial charge in [0.2, 0.25) is 17.3 Å². The molecule has 4 aromatic rings. The molecule has 150 valence electrons. The third-order valence-corrected chi connectivity index (χ3v) is 6.79. The fourth-order valence-electron chi connectivity index (χ4n) is 3.26. The smallest absolute Gasteiger partial charge is 0.247 e. The number of anilines is 1. The number of benzene rings is 2. The Morgan fingerprint density at radius 3 is 2.63 bits per heavy atom.